The van der Waals surface area contributed by atoms with Crippen molar-refractivity contribution in [2.45, 2.75) is 52.0 Å². The molecule has 0 bridgehead atoms. The summed E-state index contributed by atoms with van der Waals surface area (Å²) < 4.78 is 5.61. The SMILES string of the molecule is Cc1ccc(OCC(=O)Nc2ccccc2C(=O)N(C)C2CCCCC2)cc1C. The third-order valence-corrected chi connectivity index (χ3v) is 5.72. The van der Waals surface area contributed by atoms with Crippen molar-refractivity contribution in [3.63, 3.8) is 0 Å². The molecule has 0 spiro atoms. The second-order valence-corrected chi connectivity index (χ2v) is 7.84. The van der Waals surface area contributed by atoms with E-state index in [9.17, 15) is 9.59 Å². The number of hydrogen-bond acceptors (Lipinski definition) is 3. The van der Waals surface area contributed by atoms with Crippen molar-refractivity contribution in [3.8, 4) is 5.75 Å². The van der Waals surface area contributed by atoms with Crippen LogP contribution in [0.2, 0.25) is 0 Å². The molecule has 0 aromatic heterocycles. The third-order valence-electron chi connectivity index (χ3n) is 5.72. The number of aryl methyl sites for hydroxylation is 2. The maximum absolute atomic E-state index is 13.0. The first kappa shape index (κ1) is 20.9. The van der Waals surface area contributed by atoms with Gasteiger partial charge in [0.05, 0.1) is 11.3 Å². The van der Waals surface area contributed by atoms with Crippen LogP contribution in [0.1, 0.15) is 53.6 Å². The molecule has 1 N–H and O–H groups in total. The second-order valence-electron chi connectivity index (χ2n) is 7.84. The Kier molecular flexibility index (Phi) is 6.91. The van der Waals surface area contributed by atoms with Gasteiger partial charge in [-0.3, -0.25) is 9.59 Å². The number of benzene rings is 2. The van der Waals surface area contributed by atoms with Gasteiger partial charge in [0.1, 0.15) is 5.75 Å². The molecule has 154 valence electrons. The minimum absolute atomic E-state index is 0.0529. The molecule has 2 amide bonds. The number of hydrogen-bond donors (Lipinski definition) is 1. The Bertz CT molecular complexity index is 872. The van der Waals surface area contributed by atoms with Gasteiger partial charge in [-0.25, -0.2) is 0 Å². The highest BCUT2D eigenvalue weighted by molar-refractivity contribution is 6.04. The molecule has 1 saturated carbocycles. The van der Waals surface area contributed by atoms with Crippen molar-refractivity contribution in [2.24, 2.45) is 0 Å². The van der Waals surface area contributed by atoms with E-state index in [0.29, 0.717) is 17.0 Å². The van der Waals surface area contributed by atoms with Crippen LogP contribution in [-0.2, 0) is 4.79 Å². The summed E-state index contributed by atoms with van der Waals surface area (Å²) in [5, 5.41) is 2.83. The van der Waals surface area contributed by atoms with Crippen LogP contribution in [0.15, 0.2) is 42.5 Å². The van der Waals surface area contributed by atoms with Gasteiger partial charge in [0.2, 0.25) is 0 Å². The second kappa shape index (κ2) is 9.59. The molecule has 5 heteroatoms. The minimum atomic E-state index is -0.288. The highest BCUT2D eigenvalue weighted by atomic mass is 16.5. The summed E-state index contributed by atoms with van der Waals surface area (Å²) in [5.74, 6) is 0.316. The van der Waals surface area contributed by atoms with Gasteiger partial charge in [0.15, 0.2) is 6.61 Å². The number of nitrogens with one attached hydrogen (secondary N) is 1. The standard InChI is InChI=1S/C24H30N2O3/c1-17-13-14-20(15-18(17)2)29-16-23(27)25-22-12-8-7-11-21(22)24(28)26(3)19-9-5-4-6-10-19/h7-8,11-15,19H,4-6,9-10,16H2,1-3H3,(H,25,27). The molecule has 0 aliphatic heterocycles. The highest BCUT2D eigenvalue weighted by Gasteiger charge is 2.24. The van der Waals surface area contributed by atoms with Crippen LogP contribution in [0, 0.1) is 13.8 Å². The van der Waals surface area contributed by atoms with Crippen LogP contribution in [0.5, 0.6) is 5.75 Å². The van der Waals surface area contributed by atoms with Crippen LogP contribution in [0.4, 0.5) is 5.69 Å². The maximum atomic E-state index is 13.0. The Morgan fingerprint density at radius 2 is 1.76 bits per heavy atom. The van der Waals surface area contributed by atoms with E-state index in [4.69, 9.17) is 4.74 Å². The zero-order valence-corrected chi connectivity index (χ0v) is 17.5. The first-order chi connectivity index (χ1) is 14.0. The number of carbonyl (C=O) groups is 2. The topological polar surface area (TPSA) is 58.6 Å². The summed E-state index contributed by atoms with van der Waals surface area (Å²) in [5.41, 5.74) is 3.33. The lowest BCUT2D eigenvalue weighted by Gasteiger charge is -2.31. The van der Waals surface area contributed by atoms with Crippen LogP contribution in [-0.4, -0.2) is 36.4 Å². The fourth-order valence-corrected chi connectivity index (χ4v) is 3.74. The van der Waals surface area contributed by atoms with E-state index in [1.165, 1.54) is 12.0 Å². The Morgan fingerprint density at radius 1 is 1.03 bits per heavy atom. The van der Waals surface area contributed by atoms with E-state index in [0.717, 1.165) is 31.2 Å². The van der Waals surface area contributed by atoms with Gasteiger partial charge in [0, 0.05) is 13.1 Å². The molecule has 2 aromatic rings. The Labute approximate surface area is 173 Å². The van der Waals surface area contributed by atoms with Gasteiger partial charge in [-0.2, -0.15) is 0 Å². The van der Waals surface area contributed by atoms with Crippen molar-refractivity contribution in [1.29, 1.82) is 0 Å². The normalized spacial score (nSPS) is 14.3. The molecule has 29 heavy (non-hydrogen) atoms. The lowest BCUT2D eigenvalue weighted by atomic mass is 9.94. The van der Waals surface area contributed by atoms with E-state index in [1.807, 2.05) is 56.1 Å². The van der Waals surface area contributed by atoms with Crippen LogP contribution in [0.3, 0.4) is 0 Å². The molecule has 1 aliphatic rings. The lowest BCUT2D eigenvalue weighted by molar-refractivity contribution is -0.118. The average molecular weight is 395 g/mol. The van der Waals surface area contributed by atoms with E-state index in [-0.39, 0.29) is 24.5 Å². The summed E-state index contributed by atoms with van der Waals surface area (Å²) in [6.45, 7) is 3.93. The monoisotopic (exact) mass is 394 g/mol. The molecule has 2 aromatic carbocycles. The molecule has 0 heterocycles. The minimum Gasteiger partial charge on any atom is -0.484 e. The average Bonchev–Trinajstić information content (AvgIpc) is 2.74. The highest BCUT2D eigenvalue weighted by Crippen LogP contribution is 2.25. The van der Waals surface area contributed by atoms with Crippen LogP contribution < -0.4 is 10.1 Å². The van der Waals surface area contributed by atoms with Crippen molar-refractivity contribution in [3.05, 3.63) is 59.2 Å². The summed E-state index contributed by atoms with van der Waals surface area (Å²) in [6.07, 6.45) is 5.65. The fraction of sp³-hybridized carbons (Fsp3) is 0.417. The number of nitrogens with zero attached hydrogens (tertiary/aromatic N) is 1. The van der Waals surface area contributed by atoms with E-state index in [2.05, 4.69) is 5.32 Å². The quantitative estimate of drug-likeness (QED) is 0.771. The number of anilines is 1. The van der Waals surface area contributed by atoms with E-state index in [1.54, 1.807) is 12.1 Å². The van der Waals surface area contributed by atoms with Gasteiger partial charge < -0.3 is 15.0 Å². The first-order valence-corrected chi connectivity index (χ1v) is 10.3. The maximum Gasteiger partial charge on any atom is 0.262 e. The molecule has 1 fully saturated rings. The number of rotatable bonds is 6. The molecule has 0 saturated heterocycles. The zero-order chi connectivity index (χ0) is 20.8. The zero-order valence-electron chi connectivity index (χ0n) is 17.5. The van der Waals surface area contributed by atoms with Gasteiger partial charge in [-0.1, -0.05) is 37.5 Å². The number of amides is 2. The molecule has 0 atom stereocenters. The van der Waals surface area contributed by atoms with Gasteiger partial charge in [-0.15, -0.1) is 0 Å². The Morgan fingerprint density at radius 3 is 2.48 bits per heavy atom. The lowest BCUT2D eigenvalue weighted by Crippen LogP contribution is -2.38. The van der Waals surface area contributed by atoms with Gasteiger partial charge in [0.25, 0.3) is 11.8 Å². The predicted molar refractivity (Wildman–Crippen MR) is 115 cm³/mol. The molecule has 5 nitrogen and oxygen atoms in total. The van der Waals surface area contributed by atoms with Gasteiger partial charge in [-0.05, 0) is 62.1 Å². The molecule has 3 rings (SSSR count). The summed E-state index contributed by atoms with van der Waals surface area (Å²) in [4.78, 5) is 27.3. The Balaban J connectivity index is 1.64. The van der Waals surface area contributed by atoms with E-state index < -0.39 is 0 Å². The largest absolute Gasteiger partial charge is 0.484 e. The van der Waals surface area contributed by atoms with Crippen molar-refractivity contribution in [2.75, 3.05) is 19.0 Å². The molecular formula is C24H30N2O3. The number of para-hydroxylation sites is 1. The first-order valence-electron chi connectivity index (χ1n) is 10.3. The third kappa shape index (κ3) is 5.37. The predicted octanol–water partition coefficient (Wildman–Crippen LogP) is 4.73. The van der Waals surface area contributed by atoms with Crippen LogP contribution >= 0.6 is 0 Å². The van der Waals surface area contributed by atoms with Crippen molar-refractivity contribution in [1.82, 2.24) is 4.90 Å². The van der Waals surface area contributed by atoms with Gasteiger partial charge >= 0.3 is 0 Å². The number of carbonyl (C=O) groups excluding carboxylic acids is 2. The summed E-state index contributed by atoms with van der Waals surface area (Å²) >= 11 is 0. The number of ether oxygens (including phenoxy) is 1. The Hall–Kier alpha value is -2.82. The van der Waals surface area contributed by atoms with Crippen molar-refractivity contribution < 1.29 is 14.3 Å². The molecular weight excluding hydrogens is 364 g/mol. The molecule has 0 radical (unpaired) electrons. The summed E-state index contributed by atoms with van der Waals surface area (Å²) in [6, 6.07) is 13.2. The van der Waals surface area contributed by atoms with Crippen LogP contribution in [0.25, 0.3) is 0 Å². The molecule has 0 unspecified atom stereocenters. The summed E-state index contributed by atoms with van der Waals surface area (Å²) in [7, 11) is 1.86. The fourth-order valence-electron chi connectivity index (χ4n) is 3.74. The van der Waals surface area contributed by atoms with Crippen molar-refractivity contribution >= 4 is 17.5 Å². The van der Waals surface area contributed by atoms with E-state index >= 15 is 0 Å². The molecule has 1 aliphatic carbocycles. The smallest absolute Gasteiger partial charge is 0.262 e.